The number of carbonyl (C=O) groups excluding carboxylic acids is 1. The highest BCUT2D eigenvalue weighted by atomic mass is 16.5. The Balaban J connectivity index is 1.84. The SMILES string of the molecule is COc1cccc(-c2nc(C(=O)N3CCC(C)C(O)C3)c(C)[nH]2)c1. The third-order valence-electron chi connectivity index (χ3n) is 4.64. The van der Waals surface area contributed by atoms with Crippen LogP contribution in [0, 0.1) is 12.8 Å². The van der Waals surface area contributed by atoms with Crippen LogP contribution in [0.3, 0.4) is 0 Å². The van der Waals surface area contributed by atoms with Gasteiger partial charge in [-0.1, -0.05) is 19.1 Å². The number of ether oxygens (including phenoxy) is 1. The summed E-state index contributed by atoms with van der Waals surface area (Å²) in [5.41, 5.74) is 2.00. The van der Waals surface area contributed by atoms with Crippen molar-refractivity contribution < 1.29 is 14.6 Å². The maximum atomic E-state index is 12.7. The predicted molar refractivity (Wildman–Crippen MR) is 91.0 cm³/mol. The van der Waals surface area contributed by atoms with Crippen molar-refractivity contribution in [1.29, 1.82) is 0 Å². The van der Waals surface area contributed by atoms with Gasteiger partial charge in [-0.2, -0.15) is 0 Å². The van der Waals surface area contributed by atoms with Crippen molar-refractivity contribution >= 4 is 5.91 Å². The molecule has 1 aromatic heterocycles. The normalized spacial score (nSPS) is 20.9. The van der Waals surface area contributed by atoms with Crippen LogP contribution in [0.2, 0.25) is 0 Å². The minimum atomic E-state index is -0.472. The second-order valence-corrected chi connectivity index (χ2v) is 6.38. The molecule has 0 aliphatic carbocycles. The molecule has 1 amide bonds. The largest absolute Gasteiger partial charge is 0.497 e. The van der Waals surface area contributed by atoms with Crippen LogP contribution in [-0.4, -0.2) is 52.2 Å². The molecule has 1 aromatic carbocycles. The molecule has 1 aliphatic rings. The van der Waals surface area contributed by atoms with E-state index in [0.29, 0.717) is 24.6 Å². The number of aromatic nitrogens is 2. The zero-order valence-corrected chi connectivity index (χ0v) is 14.2. The first-order valence-electron chi connectivity index (χ1n) is 8.18. The molecule has 2 N–H and O–H groups in total. The molecule has 2 heterocycles. The van der Waals surface area contributed by atoms with Gasteiger partial charge in [-0.05, 0) is 31.4 Å². The number of likely N-dealkylation sites (tertiary alicyclic amines) is 1. The number of aliphatic hydroxyl groups excluding tert-OH is 1. The van der Waals surface area contributed by atoms with Crippen LogP contribution in [-0.2, 0) is 0 Å². The number of methoxy groups -OCH3 is 1. The number of carbonyl (C=O) groups is 1. The lowest BCUT2D eigenvalue weighted by molar-refractivity contribution is 0.0245. The summed E-state index contributed by atoms with van der Waals surface area (Å²) in [7, 11) is 1.62. The lowest BCUT2D eigenvalue weighted by Gasteiger charge is -2.33. The van der Waals surface area contributed by atoms with Gasteiger partial charge in [0.2, 0.25) is 0 Å². The first kappa shape index (κ1) is 16.5. The number of β-amino-alcohol motifs (C(OH)–C–C–N with tert-alkyl or cyclic N) is 1. The number of imidazole rings is 1. The molecule has 3 rings (SSSR count). The van der Waals surface area contributed by atoms with E-state index in [9.17, 15) is 9.90 Å². The third kappa shape index (κ3) is 3.14. The minimum Gasteiger partial charge on any atom is -0.497 e. The number of nitrogens with one attached hydrogen (secondary N) is 1. The maximum absolute atomic E-state index is 12.7. The van der Waals surface area contributed by atoms with Gasteiger partial charge in [-0.15, -0.1) is 0 Å². The Morgan fingerprint density at radius 2 is 2.25 bits per heavy atom. The third-order valence-corrected chi connectivity index (χ3v) is 4.64. The summed E-state index contributed by atoms with van der Waals surface area (Å²) in [5, 5.41) is 10.0. The summed E-state index contributed by atoms with van der Waals surface area (Å²) in [6.07, 6.45) is 0.332. The van der Waals surface area contributed by atoms with E-state index in [-0.39, 0.29) is 11.8 Å². The number of hydrogen-bond donors (Lipinski definition) is 2. The fraction of sp³-hybridized carbons (Fsp3) is 0.444. The van der Waals surface area contributed by atoms with Crippen LogP contribution < -0.4 is 4.74 Å². The number of aliphatic hydroxyl groups is 1. The van der Waals surface area contributed by atoms with Gasteiger partial charge < -0.3 is 19.7 Å². The van der Waals surface area contributed by atoms with E-state index in [1.165, 1.54) is 0 Å². The van der Waals surface area contributed by atoms with Crippen molar-refractivity contribution in [2.45, 2.75) is 26.4 Å². The lowest BCUT2D eigenvalue weighted by Crippen LogP contribution is -2.46. The molecule has 6 heteroatoms. The molecule has 128 valence electrons. The van der Waals surface area contributed by atoms with Crippen LogP contribution in [0.15, 0.2) is 24.3 Å². The lowest BCUT2D eigenvalue weighted by atomic mass is 9.96. The Morgan fingerprint density at radius 3 is 2.96 bits per heavy atom. The van der Waals surface area contributed by atoms with Gasteiger partial charge in [-0.3, -0.25) is 4.79 Å². The molecule has 0 saturated carbocycles. The van der Waals surface area contributed by atoms with Gasteiger partial charge in [0, 0.05) is 24.3 Å². The molecule has 24 heavy (non-hydrogen) atoms. The molecule has 1 aliphatic heterocycles. The molecular weight excluding hydrogens is 306 g/mol. The van der Waals surface area contributed by atoms with Crippen molar-refractivity contribution in [2.75, 3.05) is 20.2 Å². The predicted octanol–water partition coefficient (Wildman–Crippen LogP) is 2.24. The zero-order chi connectivity index (χ0) is 17.3. The van der Waals surface area contributed by atoms with E-state index < -0.39 is 6.10 Å². The summed E-state index contributed by atoms with van der Waals surface area (Å²) in [6.45, 7) is 4.86. The highest BCUT2D eigenvalue weighted by molar-refractivity contribution is 5.94. The molecule has 0 bridgehead atoms. The number of hydrogen-bond acceptors (Lipinski definition) is 4. The van der Waals surface area contributed by atoms with Crippen molar-refractivity contribution in [3.05, 3.63) is 35.7 Å². The molecule has 2 atom stereocenters. The van der Waals surface area contributed by atoms with Gasteiger partial charge in [0.15, 0.2) is 0 Å². The highest BCUT2D eigenvalue weighted by Gasteiger charge is 2.30. The van der Waals surface area contributed by atoms with E-state index in [4.69, 9.17) is 4.74 Å². The average molecular weight is 329 g/mol. The smallest absolute Gasteiger partial charge is 0.274 e. The van der Waals surface area contributed by atoms with Crippen molar-refractivity contribution in [3.8, 4) is 17.1 Å². The monoisotopic (exact) mass is 329 g/mol. The summed E-state index contributed by atoms with van der Waals surface area (Å²) in [6, 6.07) is 7.54. The minimum absolute atomic E-state index is 0.135. The highest BCUT2D eigenvalue weighted by Crippen LogP contribution is 2.24. The standard InChI is InChI=1S/C18H23N3O3/c1-11-7-8-21(10-15(11)22)18(23)16-12(2)19-17(20-16)13-5-4-6-14(9-13)24-3/h4-6,9,11,15,22H,7-8,10H2,1-3H3,(H,19,20). The van der Waals surface area contributed by atoms with Crippen molar-refractivity contribution in [2.24, 2.45) is 5.92 Å². The number of rotatable bonds is 3. The van der Waals surface area contributed by atoms with Crippen LogP contribution >= 0.6 is 0 Å². The Labute approximate surface area is 141 Å². The van der Waals surface area contributed by atoms with Crippen LogP contribution in [0.4, 0.5) is 0 Å². The Kier molecular flexibility index (Phi) is 4.57. The fourth-order valence-electron chi connectivity index (χ4n) is 2.96. The Morgan fingerprint density at radius 1 is 1.46 bits per heavy atom. The van der Waals surface area contributed by atoms with Crippen LogP contribution in [0.1, 0.15) is 29.5 Å². The molecule has 2 aromatic rings. The fourth-order valence-corrected chi connectivity index (χ4v) is 2.96. The number of nitrogens with zero attached hydrogens (tertiary/aromatic N) is 2. The molecule has 0 radical (unpaired) electrons. The number of amides is 1. The average Bonchev–Trinajstić information content (AvgIpc) is 2.98. The van der Waals surface area contributed by atoms with Crippen molar-refractivity contribution in [1.82, 2.24) is 14.9 Å². The topological polar surface area (TPSA) is 78.4 Å². The van der Waals surface area contributed by atoms with E-state index in [1.54, 1.807) is 12.0 Å². The number of benzene rings is 1. The molecule has 0 spiro atoms. The second-order valence-electron chi connectivity index (χ2n) is 6.38. The van der Waals surface area contributed by atoms with Gasteiger partial charge >= 0.3 is 0 Å². The van der Waals surface area contributed by atoms with Crippen molar-refractivity contribution in [3.63, 3.8) is 0 Å². The zero-order valence-electron chi connectivity index (χ0n) is 14.2. The quantitative estimate of drug-likeness (QED) is 0.905. The van der Waals surface area contributed by atoms with Gasteiger partial charge in [-0.25, -0.2) is 4.98 Å². The van der Waals surface area contributed by atoms with Gasteiger partial charge in [0.25, 0.3) is 5.91 Å². The van der Waals surface area contributed by atoms with Crippen LogP contribution in [0.25, 0.3) is 11.4 Å². The Bertz CT molecular complexity index is 741. The molecular formula is C18H23N3O3. The van der Waals surface area contributed by atoms with E-state index in [0.717, 1.165) is 23.4 Å². The number of H-pyrrole nitrogens is 1. The second kappa shape index (κ2) is 6.65. The maximum Gasteiger partial charge on any atom is 0.274 e. The number of aromatic amines is 1. The number of aryl methyl sites for hydroxylation is 1. The summed E-state index contributed by atoms with van der Waals surface area (Å²) in [4.78, 5) is 22.1. The van der Waals surface area contributed by atoms with E-state index in [1.807, 2.05) is 38.1 Å². The van der Waals surface area contributed by atoms with Crippen LogP contribution in [0.5, 0.6) is 5.75 Å². The van der Waals surface area contributed by atoms with E-state index in [2.05, 4.69) is 9.97 Å². The van der Waals surface area contributed by atoms with Gasteiger partial charge in [0.1, 0.15) is 17.3 Å². The number of piperidine rings is 1. The molecule has 1 fully saturated rings. The molecule has 2 unspecified atom stereocenters. The summed E-state index contributed by atoms with van der Waals surface area (Å²) in [5.74, 6) is 1.47. The summed E-state index contributed by atoms with van der Waals surface area (Å²) < 4.78 is 5.23. The van der Waals surface area contributed by atoms with Gasteiger partial charge in [0.05, 0.1) is 13.2 Å². The van der Waals surface area contributed by atoms with E-state index >= 15 is 0 Å². The molecule has 6 nitrogen and oxygen atoms in total. The first-order valence-corrected chi connectivity index (χ1v) is 8.18. The summed E-state index contributed by atoms with van der Waals surface area (Å²) >= 11 is 0. The molecule has 1 saturated heterocycles. The Hall–Kier alpha value is -2.34. The first-order chi connectivity index (χ1) is 11.5.